The summed E-state index contributed by atoms with van der Waals surface area (Å²) in [6.45, 7) is 2.33. The Bertz CT molecular complexity index is 896. The zero-order chi connectivity index (χ0) is 18.8. The van der Waals surface area contributed by atoms with E-state index in [1.807, 2.05) is 23.9 Å². The first-order valence-corrected chi connectivity index (χ1v) is 10.6. The number of thioether (sulfide) groups is 1. The molecule has 2 heterocycles. The second kappa shape index (κ2) is 8.09. The molecular formula is C22H22ClNO2S. The van der Waals surface area contributed by atoms with Gasteiger partial charge in [0.25, 0.3) is 0 Å². The van der Waals surface area contributed by atoms with E-state index in [0.29, 0.717) is 6.54 Å². The molecule has 0 aliphatic carbocycles. The summed E-state index contributed by atoms with van der Waals surface area (Å²) < 4.78 is 0. The third-order valence-corrected chi connectivity index (χ3v) is 6.69. The summed E-state index contributed by atoms with van der Waals surface area (Å²) in [4.78, 5) is 14.8. The van der Waals surface area contributed by atoms with E-state index < -0.39 is 5.97 Å². The van der Waals surface area contributed by atoms with Crippen molar-refractivity contribution in [2.75, 3.05) is 19.6 Å². The van der Waals surface area contributed by atoms with Crippen LogP contribution in [0.4, 0.5) is 0 Å². The van der Waals surface area contributed by atoms with Gasteiger partial charge in [-0.1, -0.05) is 41.9 Å². The molecular weight excluding hydrogens is 378 g/mol. The lowest BCUT2D eigenvalue weighted by Crippen LogP contribution is -2.38. The molecule has 2 aromatic carbocycles. The van der Waals surface area contributed by atoms with Crippen molar-refractivity contribution in [3.63, 3.8) is 0 Å². The topological polar surface area (TPSA) is 40.5 Å². The Kier molecular flexibility index (Phi) is 5.58. The van der Waals surface area contributed by atoms with Crippen LogP contribution in [0.15, 0.2) is 53.4 Å². The van der Waals surface area contributed by atoms with Crippen molar-refractivity contribution >= 4 is 34.9 Å². The van der Waals surface area contributed by atoms with Gasteiger partial charge < -0.3 is 5.11 Å². The maximum Gasteiger partial charge on any atom is 0.307 e. The second-order valence-electron chi connectivity index (χ2n) is 7.14. The number of carboxylic acids is 1. The lowest BCUT2D eigenvalue weighted by Gasteiger charge is -2.30. The fourth-order valence-electron chi connectivity index (χ4n) is 3.91. The molecule has 0 spiro atoms. The minimum atomic E-state index is -0.680. The SMILES string of the molecule is O=C(O)C1CCCN(CC=C2c3ccccc3CSc3ccc(Cl)cc32)C1. The first kappa shape index (κ1) is 18.6. The number of piperidine rings is 1. The van der Waals surface area contributed by atoms with Gasteiger partial charge in [-0.25, -0.2) is 0 Å². The van der Waals surface area contributed by atoms with E-state index in [4.69, 9.17) is 11.6 Å². The molecule has 2 aromatic rings. The van der Waals surface area contributed by atoms with Crippen LogP contribution in [0, 0.1) is 5.92 Å². The zero-order valence-electron chi connectivity index (χ0n) is 15.0. The van der Waals surface area contributed by atoms with Crippen molar-refractivity contribution in [3.05, 3.63) is 70.3 Å². The van der Waals surface area contributed by atoms with Crippen molar-refractivity contribution in [2.24, 2.45) is 5.92 Å². The van der Waals surface area contributed by atoms with Crippen LogP contribution in [-0.4, -0.2) is 35.6 Å². The molecule has 0 bridgehead atoms. The van der Waals surface area contributed by atoms with Gasteiger partial charge in [0.1, 0.15) is 0 Å². The molecule has 1 atom stereocenters. The van der Waals surface area contributed by atoms with Crippen molar-refractivity contribution < 1.29 is 9.90 Å². The molecule has 27 heavy (non-hydrogen) atoms. The predicted octanol–water partition coefficient (Wildman–Crippen LogP) is 5.17. The van der Waals surface area contributed by atoms with Crippen LogP contribution >= 0.6 is 23.4 Å². The van der Waals surface area contributed by atoms with Crippen molar-refractivity contribution in [2.45, 2.75) is 23.5 Å². The molecule has 2 aliphatic rings. The number of hydrogen-bond acceptors (Lipinski definition) is 3. The fourth-order valence-corrected chi connectivity index (χ4v) is 5.13. The van der Waals surface area contributed by atoms with Gasteiger partial charge in [0.15, 0.2) is 0 Å². The molecule has 4 rings (SSSR count). The summed E-state index contributed by atoms with van der Waals surface area (Å²) in [6.07, 6.45) is 3.97. The van der Waals surface area contributed by atoms with Crippen molar-refractivity contribution in [1.82, 2.24) is 4.90 Å². The number of carbonyl (C=O) groups is 1. The highest BCUT2D eigenvalue weighted by atomic mass is 35.5. The van der Waals surface area contributed by atoms with E-state index in [9.17, 15) is 9.90 Å². The number of nitrogens with zero attached hydrogens (tertiary/aromatic N) is 1. The quantitative estimate of drug-likeness (QED) is 0.772. The lowest BCUT2D eigenvalue weighted by molar-refractivity contribution is -0.143. The van der Waals surface area contributed by atoms with Crippen LogP contribution in [0.1, 0.15) is 29.5 Å². The molecule has 2 aliphatic heterocycles. The van der Waals surface area contributed by atoms with Crippen LogP contribution in [0.3, 0.4) is 0 Å². The molecule has 1 saturated heterocycles. The Labute approximate surface area is 169 Å². The average molecular weight is 400 g/mol. The summed E-state index contributed by atoms with van der Waals surface area (Å²) in [6, 6.07) is 14.6. The number of rotatable bonds is 3. The lowest BCUT2D eigenvalue weighted by atomic mass is 9.93. The van der Waals surface area contributed by atoms with Gasteiger partial charge in [-0.15, -0.1) is 11.8 Å². The monoisotopic (exact) mass is 399 g/mol. The van der Waals surface area contributed by atoms with E-state index in [2.05, 4.69) is 41.3 Å². The Hall–Kier alpha value is -1.75. The Morgan fingerprint density at radius 1 is 1.26 bits per heavy atom. The summed E-state index contributed by atoms with van der Waals surface area (Å²) in [5, 5.41) is 10.1. The zero-order valence-corrected chi connectivity index (χ0v) is 16.6. The van der Waals surface area contributed by atoms with Gasteiger partial charge in [-0.3, -0.25) is 9.69 Å². The van der Waals surface area contributed by atoms with Crippen molar-refractivity contribution in [3.8, 4) is 0 Å². The highest BCUT2D eigenvalue weighted by Gasteiger charge is 2.25. The molecule has 0 aromatic heterocycles. The number of aliphatic carboxylic acids is 1. The number of fused-ring (bicyclic) bond motifs is 2. The number of likely N-dealkylation sites (tertiary alicyclic amines) is 1. The Morgan fingerprint density at radius 3 is 2.96 bits per heavy atom. The third-order valence-electron chi connectivity index (χ3n) is 5.33. The van der Waals surface area contributed by atoms with Gasteiger partial charge in [0.05, 0.1) is 5.92 Å². The van der Waals surface area contributed by atoms with Crippen LogP contribution in [0.2, 0.25) is 5.02 Å². The van der Waals surface area contributed by atoms with Gasteiger partial charge in [0.2, 0.25) is 0 Å². The van der Waals surface area contributed by atoms with E-state index in [0.717, 1.165) is 36.7 Å². The number of hydrogen-bond donors (Lipinski definition) is 1. The highest BCUT2D eigenvalue weighted by Crippen LogP contribution is 2.41. The Balaban J connectivity index is 1.69. The van der Waals surface area contributed by atoms with Gasteiger partial charge in [-0.05, 0) is 59.8 Å². The van der Waals surface area contributed by atoms with Crippen LogP contribution in [0.25, 0.3) is 5.57 Å². The molecule has 140 valence electrons. The standard InChI is InChI=1S/C22H22ClNO2S/c23-17-7-8-21-20(12-17)19(18-6-2-1-4-16(18)14-27-21)9-11-24-10-3-5-15(13-24)22(25)26/h1-2,4,6-9,12,15H,3,5,10-11,13-14H2,(H,25,26). The molecule has 0 radical (unpaired) electrons. The molecule has 3 nitrogen and oxygen atoms in total. The molecule has 0 saturated carbocycles. The maximum absolute atomic E-state index is 11.4. The normalized spacial score (nSPS) is 21.4. The molecule has 0 amide bonds. The largest absolute Gasteiger partial charge is 0.481 e. The van der Waals surface area contributed by atoms with E-state index in [1.54, 1.807) is 0 Å². The van der Waals surface area contributed by atoms with E-state index in [-0.39, 0.29) is 5.92 Å². The van der Waals surface area contributed by atoms with Crippen LogP contribution in [0.5, 0.6) is 0 Å². The number of halogens is 1. The summed E-state index contributed by atoms with van der Waals surface area (Å²) in [7, 11) is 0. The highest BCUT2D eigenvalue weighted by molar-refractivity contribution is 7.98. The van der Waals surface area contributed by atoms with Crippen LogP contribution < -0.4 is 0 Å². The average Bonchev–Trinajstić information content (AvgIpc) is 2.83. The van der Waals surface area contributed by atoms with E-state index >= 15 is 0 Å². The maximum atomic E-state index is 11.4. The van der Waals surface area contributed by atoms with Gasteiger partial charge in [0, 0.05) is 28.8 Å². The smallest absolute Gasteiger partial charge is 0.307 e. The summed E-state index contributed by atoms with van der Waals surface area (Å²) in [5.41, 5.74) is 4.94. The molecule has 5 heteroatoms. The summed E-state index contributed by atoms with van der Waals surface area (Å²) in [5.74, 6) is 0.00370. The van der Waals surface area contributed by atoms with E-state index in [1.165, 1.54) is 27.2 Å². The van der Waals surface area contributed by atoms with Gasteiger partial charge in [-0.2, -0.15) is 0 Å². The number of benzene rings is 2. The van der Waals surface area contributed by atoms with Crippen molar-refractivity contribution in [1.29, 1.82) is 0 Å². The molecule has 1 fully saturated rings. The Morgan fingerprint density at radius 2 is 2.11 bits per heavy atom. The number of carboxylic acid groups (broad SMARTS) is 1. The predicted molar refractivity (Wildman–Crippen MR) is 111 cm³/mol. The third kappa shape index (κ3) is 4.08. The second-order valence-corrected chi connectivity index (χ2v) is 8.59. The summed E-state index contributed by atoms with van der Waals surface area (Å²) >= 11 is 8.15. The fraction of sp³-hybridized carbons (Fsp3) is 0.318. The first-order valence-electron chi connectivity index (χ1n) is 9.28. The van der Waals surface area contributed by atoms with Crippen LogP contribution in [-0.2, 0) is 10.5 Å². The molecule has 1 N–H and O–H groups in total. The minimum Gasteiger partial charge on any atom is -0.481 e. The first-order chi connectivity index (χ1) is 13.1. The minimum absolute atomic E-state index is 0.254. The van der Waals surface area contributed by atoms with Gasteiger partial charge >= 0.3 is 5.97 Å². The molecule has 1 unspecified atom stereocenters.